The summed E-state index contributed by atoms with van der Waals surface area (Å²) in [5.41, 5.74) is 8.63. The second kappa shape index (κ2) is 9.65. The van der Waals surface area contributed by atoms with Gasteiger partial charge < -0.3 is 25.0 Å². The highest BCUT2D eigenvalue weighted by Crippen LogP contribution is 2.46. The maximum atomic E-state index is 14.6. The van der Waals surface area contributed by atoms with E-state index < -0.39 is 6.17 Å². The number of ether oxygens (including phenoxy) is 1. The van der Waals surface area contributed by atoms with Crippen LogP contribution in [-0.4, -0.2) is 87.8 Å². The zero-order valence-corrected chi connectivity index (χ0v) is 24.4. The van der Waals surface area contributed by atoms with Gasteiger partial charge in [0.25, 0.3) is 0 Å². The highest BCUT2D eigenvalue weighted by Gasteiger charge is 2.49. The Morgan fingerprint density at radius 2 is 2.00 bits per heavy atom. The summed E-state index contributed by atoms with van der Waals surface area (Å²) in [5, 5.41) is 4.03. The number of aromatic nitrogens is 3. The van der Waals surface area contributed by atoms with Gasteiger partial charge in [0.05, 0.1) is 32.0 Å². The van der Waals surface area contributed by atoms with Crippen molar-refractivity contribution < 1.29 is 13.5 Å². The molecule has 9 nitrogen and oxygen atoms in total. The number of alkyl halides is 1. The van der Waals surface area contributed by atoms with Crippen LogP contribution < -0.4 is 20.7 Å². The van der Waals surface area contributed by atoms with Crippen LogP contribution in [0, 0.1) is 5.82 Å². The van der Waals surface area contributed by atoms with Crippen LogP contribution in [0.5, 0.6) is 6.01 Å². The SMILES string of the molecule is CN1Sc2c(nc(OC[C@@]34CCCN3C[C@H](F)C4)nc2N2CC3CCC(C2)N3)C=C1c1ccc(F)c2sc(N)nc12. The summed E-state index contributed by atoms with van der Waals surface area (Å²) in [5.74, 6) is 0.537. The molecule has 3 N–H and O–H groups in total. The largest absolute Gasteiger partial charge is 0.461 e. The number of nitrogen functional groups attached to an aromatic ring is 1. The Hall–Kier alpha value is -2.74. The van der Waals surface area contributed by atoms with Gasteiger partial charge in [-0.05, 0) is 62.4 Å². The molecule has 0 radical (unpaired) electrons. The van der Waals surface area contributed by atoms with Crippen molar-refractivity contribution in [2.45, 2.75) is 60.8 Å². The number of piperazine rings is 1. The predicted molar refractivity (Wildman–Crippen MR) is 158 cm³/mol. The Morgan fingerprint density at radius 3 is 2.83 bits per heavy atom. The van der Waals surface area contributed by atoms with Gasteiger partial charge in [0.2, 0.25) is 0 Å². The highest BCUT2D eigenvalue weighted by molar-refractivity contribution is 7.97. The summed E-state index contributed by atoms with van der Waals surface area (Å²) in [7, 11) is 1.99. The molecule has 5 aliphatic rings. The summed E-state index contributed by atoms with van der Waals surface area (Å²) in [6.45, 7) is 3.51. The van der Waals surface area contributed by atoms with Crippen molar-refractivity contribution in [3.05, 3.63) is 29.2 Å². The van der Waals surface area contributed by atoms with Crippen molar-refractivity contribution in [3.8, 4) is 6.01 Å². The van der Waals surface area contributed by atoms with Gasteiger partial charge in [-0.3, -0.25) is 4.90 Å². The van der Waals surface area contributed by atoms with Gasteiger partial charge in [-0.25, -0.2) is 13.8 Å². The first kappa shape index (κ1) is 25.9. The lowest BCUT2D eigenvalue weighted by Gasteiger charge is -2.36. The van der Waals surface area contributed by atoms with Gasteiger partial charge in [0.1, 0.15) is 18.6 Å². The molecule has 8 rings (SSSR count). The Balaban J connectivity index is 1.20. The van der Waals surface area contributed by atoms with E-state index in [4.69, 9.17) is 20.4 Å². The van der Waals surface area contributed by atoms with Crippen molar-refractivity contribution in [1.82, 2.24) is 29.5 Å². The number of benzene rings is 1. The van der Waals surface area contributed by atoms with Crippen molar-refractivity contribution in [1.29, 1.82) is 0 Å². The zero-order valence-electron chi connectivity index (χ0n) is 22.8. The molecule has 0 spiro atoms. The summed E-state index contributed by atoms with van der Waals surface area (Å²) < 4.78 is 37.9. The molecule has 1 aromatic carbocycles. The molecule has 4 atom stereocenters. The molecule has 2 aromatic heterocycles. The molecule has 216 valence electrons. The lowest BCUT2D eigenvalue weighted by Crippen LogP contribution is -2.51. The quantitative estimate of drug-likeness (QED) is 0.417. The molecule has 4 fully saturated rings. The van der Waals surface area contributed by atoms with E-state index in [1.54, 1.807) is 18.0 Å². The van der Waals surface area contributed by atoms with Crippen LogP contribution in [0.15, 0.2) is 17.0 Å². The highest BCUT2D eigenvalue weighted by atomic mass is 32.2. The molecule has 2 bridgehead atoms. The van der Waals surface area contributed by atoms with E-state index in [2.05, 4.69) is 24.4 Å². The molecule has 0 amide bonds. The number of nitrogens with one attached hydrogen (secondary N) is 1. The van der Waals surface area contributed by atoms with Gasteiger partial charge in [-0.2, -0.15) is 9.97 Å². The van der Waals surface area contributed by atoms with E-state index in [0.717, 1.165) is 84.3 Å². The number of nitrogens with zero attached hydrogens (tertiary/aromatic N) is 6. The number of fused-ring (bicyclic) bond motifs is 5. The van der Waals surface area contributed by atoms with Crippen LogP contribution in [0.3, 0.4) is 0 Å². The number of rotatable bonds is 5. The second-order valence-corrected chi connectivity index (χ2v) is 14.1. The van der Waals surface area contributed by atoms with E-state index in [0.29, 0.717) is 53.0 Å². The average Bonchev–Trinajstić information content (AvgIpc) is 3.69. The third-order valence-corrected chi connectivity index (χ3v) is 11.2. The topological polar surface area (TPSA) is 95.7 Å². The van der Waals surface area contributed by atoms with Crippen molar-refractivity contribution in [2.75, 3.05) is 50.5 Å². The third-order valence-electron chi connectivity index (χ3n) is 9.23. The minimum absolute atomic E-state index is 0.284. The monoisotopic (exact) mass is 598 g/mol. The maximum absolute atomic E-state index is 14.6. The van der Waals surface area contributed by atoms with Crippen LogP contribution in [0.1, 0.15) is 43.4 Å². The summed E-state index contributed by atoms with van der Waals surface area (Å²) in [6, 6.07) is 4.41. The molecule has 13 heteroatoms. The van der Waals surface area contributed by atoms with E-state index in [-0.39, 0.29) is 11.4 Å². The van der Waals surface area contributed by atoms with Crippen LogP contribution in [0.25, 0.3) is 22.0 Å². The van der Waals surface area contributed by atoms with Crippen molar-refractivity contribution >= 4 is 56.2 Å². The fourth-order valence-corrected chi connectivity index (χ4v) is 9.11. The van der Waals surface area contributed by atoms with Gasteiger partial charge >= 0.3 is 6.01 Å². The molecular weight excluding hydrogens is 566 g/mol. The number of anilines is 2. The van der Waals surface area contributed by atoms with Crippen LogP contribution >= 0.6 is 23.3 Å². The number of thiazole rings is 1. The van der Waals surface area contributed by atoms with Crippen LogP contribution in [0.2, 0.25) is 0 Å². The van der Waals surface area contributed by atoms with Gasteiger partial charge in [-0.15, -0.1) is 0 Å². The number of hydrogen-bond acceptors (Lipinski definition) is 11. The predicted octanol–water partition coefficient (Wildman–Crippen LogP) is 4.15. The van der Waals surface area contributed by atoms with Crippen molar-refractivity contribution in [2.24, 2.45) is 0 Å². The number of hydrogen-bond donors (Lipinski definition) is 2. The van der Waals surface area contributed by atoms with Crippen molar-refractivity contribution in [3.63, 3.8) is 0 Å². The van der Waals surface area contributed by atoms with Crippen LogP contribution in [-0.2, 0) is 0 Å². The van der Waals surface area contributed by atoms with E-state index >= 15 is 0 Å². The molecule has 0 saturated carbocycles. The Morgan fingerprint density at radius 1 is 1.17 bits per heavy atom. The third kappa shape index (κ3) is 4.34. The summed E-state index contributed by atoms with van der Waals surface area (Å²) in [4.78, 5) is 19.9. The van der Waals surface area contributed by atoms with Crippen LogP contribution in [0.4, 0.5) is 19.7 Å². The van der Waals surface area contributed by atoms with Gasteiger partial charge in [0.15, 0.2) is 10.9 Å². The minimum Gasteiger partial charge on any atom is -0.461 e. The van der Waals surface area contributed by atoms with Gasteiger partial charge in [0, 0.05) is 50.7 Å². The molecule has 2 unspecified atom stereocenters. The minimum atomic E-state index is -0.819. The van der Waals surface area contributed by atoms with Gasteiger partial charge in [-0.1, -0.05) is 11.3 Å². The standard InChI is InChI=1S/C28H32F2N8OS2/c1-36-21(18-5-6-19(30)23-22(18)34-26(31)40-23)9-20-24(41-36)25(37-12-16-3-4-17(13-37)32-16)35-27(33-20)39-14-28-7-2-8-38(28)11-15(29)10-28/h5-6,9,15-17,32H,2-4,7-8,10-14H2,1H3,(H2,31,34)/t15-,16?,17?,28+/m1/s1. The molecule has 7 heterocycles. The average molecular weight is 599 g/mol. The lowest BCUT2D eigenvalue weighted by molar-refractivity contribution is 0.107. The number of nitrogens with two attached hydrogens (primary N) is 1. The first-order valence-electron chi connectivity index (χ1n) is 14.3. The van der Waals surface area contributed by atoms with E-state index in [1.807, 2.05) is 13.1 Å². The molecular formula is C28H32F2N8OS2. The van der Waals surface area contributed by atoms with E-state index in [9.17, 15) is 8.78 Å². The molecule has 3 aromatic rings. The number of halogens is 2. The molecule has 4 saturated heterocycles. The van der Waals surface area contributed by atoms with E-state index in [1.165, 1.54) is 6.07 Å². The normalized spacial score (nSPS) is 29.2. The second-order valence-electron chi connectivity index (χ2n) is 11.9. The Bertz CT molecular complexity index is 1560. The Labute approximate surface area is 245 Å². The summed E-state index contributed by atoms with van der Waals surface area (Å²) in [6.07, 6.45) is 5.99. The fourth-order valence-electron chi connectivity index (χ4n) is 7.37. The molecule has 0 aliphatic carbocycles. The Kier molecular flexibility index (Phi) is 6.10. The maximum Gasteiger partial charge on any atom is 0.319 e. The first-order chi connectivity index (χ1) is 19.8. The smallest absolute Gasteiger partial charge is 0.319 e. The summed E-state index contributed by atoms with van der Waals surface area (Å²) >= 11 is 2.71. The first-order valence-corrected chi connectivity index (χ1v) is 15.9. The molecule has 41 heavy (non-hydrogen) atoms. The fraction of sp³-hybridized carbons (Fsp3) is 0.536. The zero-order chi connectivity index (χ0) is 27.9. The lowest BCUT2D eigenvalue weighted by atomic mass is 9.95. The molecule has 5 aliphatic heterocycles.